The Kier molecular flexibility index (Phi) is 5.97. The SMILES string of the molecule is CCC1(CC)CCN(S(=O)(=O)N(C)CCC(=O)OC)C1. The molecule has 0 unspecified atom stereocenters. The highest BCUT2D eigenvalue weighted by atomic mass is 32.2. The second kappa shape index (κ2) is 6.87. The molecular formula is C13H26N2O4S. The smallest absolute Gasteiger partial charge is 0.306 e. The molecule has 0 amide bonds. The van der Waals surface area contributed by atoms with Gasteiger partial charge in [-0.05, 0) is 24.7 Å². The number of carbonyl (C=O) groups excluding carboxylic acids is 1. The summed E-state index contributed by atoms with van der Waals surface area (Å²) in [5.74, 6) is -0.398. The highest BCUT2D eigenvalue weighted by molar-refractivity contribution is 7.86. The summed E-state index contributed by atoms with van der Waals surface area (Å²) in [6.45, 7) is 5.51. The van der Waals surface area contributed by atoms with E-state index in [1.165, 1.54) is 22.8 Å². The maximum absolute atomic E-state index is 12.5. The van der Waals surface area contributed by atoms with Crippen molar-refractivity contribution < 1.29 is 17.9 Å². The zero-order valence-electron chi connectivity index (χ0n) is 12.9. The highest BCUT2D eigenvalue weighted by Crippen LogP contribution is 2.38. The van der Waals surface area contributed by atoms with Gasteiger partial charge in [-0.3, -0.25) is 4.79 Å². The molecule has 0 N–H and O–H groups in total. The number of ether oxygens (including phenoxy) is 1. The number of methoxy groups -OCH3 is 1. The Hall–Kier alpha value is -0.660. The van der Waals surface area contributed by atoms with Gasteiger partial charge < -0.3 is 4.74 Å². The van der Waals surface area contributed by atoms with E-state index in [4.69, 9.17) is 0 Å². The van der Waals surface area contributed by atoms with E-state index >= 15 is 0 Å². The van der Waals surface area contributed by atoms with E-state index in [2.05, 4.69) is 18.6 Å². The van der Waals surface area contributed by atoms with Gasteiger partial charge in [0.2, 0.25) is 0 Å². The first-order chi connectivity index (χ1) is 9.31. The lowest BCUT2D eigenvalue weighted by molar-refractivity contribution is -0.140. The zero-order valence-corrected chi connectivity index (χ0v) is 13.7. The molecule has 1 heterocycles. The normalized spacial score (nSPS) is 19.4. The molecule has 20 heavy (non-hydrogen) atoms. The van der Waals surface area contributed by atoms with Crippen LogP contribution >= 0.6 is 0 Å². The van der Waals surface area contributed by atoms with Crippen LogP contribution in [0.15, 0.2) is 0 Å². The number of hydrogen-bond donors (Lipinski definition) is 0. The lowest BCUT2D eigenvalue weighted by atomic mass is 9.82. The molecule has 0 aromatic carbocycles. The molecule has 1 rings (SSSR count). The Balaban J connectivity index is 2.68. The van der Waals surface area contributed by atoms with Crippen LogP contribution in [0.4, 0.5) is 0 Å². The maximum atomic E-state index is 12.5. The van der Waals surface area contributed by atoms with Crippen molar-refractivity contribution in [2.24, 2.45) is 5.41 Å². The van der Waals surface area contributed by atoms with E-state index in [-0.39, 0.29) is 18.4 Å². The van der Waals surface area contributed by atoms with Gasteiger partial charge in [0, 0.05) is 26.7 Å². The fraction of sp³-hybridized carbons (Fsp3) is 0.923. The van der Waals surface area contributed by atoms with Crippen LogP contribution in [0, 0.1) is 5.41 Å². The molecule has 1 aliphatic rings. The molecule has 0 saturated carbocycles. The van der Waals surface area contributed by atoms with Crippen LogP contribution in [0.2, 0.25) is 0 Å². The topological polar surface area (TPSA) is 66.9 Å². The molecule has 1 aliphatic heterocycles. The Labute approximate surface area is 122 Å². The van der Waals surface area contributed by atoms with Gasteiger partial charge in [-0.15, -0.1) is 0 Å². The minimum absolute atomic E-state index is 0.0762. The van der Waals surface area contributed by atoms with E-state index < -0.39 is 16.2 Å². The average Bonchev–Trinajstić information content (AvgIpc) is 2.90. The van der Waals surface area contributed by atoms with Crippen LogP contribution in [0.25, 0.3) is 0 Å². The molecule has 7 heteroatoms. The number of nitrogens with zero attached hydrogens (tertiary/aromatic N) is 2. The minimum Gasteiger partial charge on any atom is -0.469 e. The van der Waals surface area contributed by atoms with E-state index in [1.807, 2.05) is 0 Å². The Morgan fingerprint density at radius 3 is 2.40 bits per heavy atom. The van der Waals surface area contributed by atoms with Crippen molar-refractivity contribution in [2.75, 3.05) is 33.8 Å². The van der Waals surface area contributed by atoms with Gasteiger partial charge in [-0.2, -0.15) is 17.0 Å². The van der Waals surface area contributed by atoms with Crippen molar-refractivity contribution in [1.29, 1.82) is 0 Å². The summed E-state index contributed by atoms with van der Waals surface area (Å²) in [4.78, 5) is 11.1. The summed E-state index contributed by atoms with van der Waals surface area (Å²) in [6.07, 6.45) is 2.96. The Bertz CT molecular complexity index is 432. The van der Waals surface area contributed by atoms with E-state index in [0.717, 1.165) is 19.3 Å². The Morgan fingerprint density at radius 1 is 1.35 bits per heavy atom. The van der Waals surface area contributed by atoms with Gasteiger partial charge in [-0.25, -0.2) is 0 Å². The summed E-state index contributed by atoms with van der Waals surface area (Å²) in [7, 11) is -0.665. The van der Waals surface area contributed by atoms with E-state index in [1.54, 1.807) is 0 Å². The first kappa shape index (κ1) is 17.4. The second-order valence-electron chi connectivity index (χ2n) is 5.45. The molecule has 0 aromatic rings. The standard InChI is InChI=1S/C13H26N2O4S/c1-5-13(6-2)8-10-15(11-13)20(17,18)14(3)9-7-12(16)19-4/h5-11H2,1-4H3. The van der Waals surface area contributed by atoms with E-state index in [0.29, 0.717) is 13.1 Å². The molecule has 0 atom stereocenters. The predicted molar refractivity (Wildman–Crippen MR) is 77.4 cm³/mol. The Morgan fingerprint density at radius 2 is 1.95 bits per heavy atom. The van der Waals surface area contributed by atoms with Gasteiger partial charge in [0.05, 0.1) is 13.5 Å². The number of carbonyl (C=O) groups is 1. The molecule has 0 aromatic heterocycles. The lowest BCUT2D eigenvalue weighted by Gasteiger charge is -2.28. The molecule has 0 bridgehead atoms. The van der Waals surface area contributed by atoms with Crippen LogP contribution in [0.5, 0.6) is 0 Å². The van der Waals surface area contributed by atoms with E-state index in [9.17, 15) is 13.2 Å². The highest BCUT2D eigenvalue weighted by Gasteiger charge is 2.41. The number of hydrogen-bond acceptors (Lipinski definition) is 4. The van der Waals surface area contributed by atoms with Gasteiger partial charge >= 0.3 is 5.97 Å². The molecule has 1 fully saturated rings. The van der Waals surface area contributed by atoms with Gasteiger partial charge in [0.25, 0.3) is 10.2 Å². The average molecular weight is 306 g/mol. The molecule has 118 valence electrons. The molecule has 1 saturated heterocycles. The number of rotatable bonds is 7. The zero-order chi connectivity index (χ0) is 15.4. The molecular weight excluding hydrogens is 280 g/mol. The van der Waals surface area contributed by atoms with Crippen LogP contribution in [-0.4, -0.2) is 56.8 Å². The van der Waals surface area contributed by atoms with Crippen molar-refractivity contribution in [2.45, 2.75) is 39.5 Å². The molecule has 0 radical (unpaired) electrons. The van der Waals surface area contributed by atoms with Crippen molar-refractivity contribution in [1.82, 2.24) is 8.61 Å². The first-order valence-electron chi connectivity index (χ1n) is 7.09. The molecule has 0 aliphatic carbocycles. The fourth-order valence-corrected chi connectivity index (χ4v) is 4.06. The van der Waals surface area contributed by atoms with Crippen LogP contribution < -0.4 is 0 Å². The largest absolute Gasteiger partial charge is 0.469 e. The minimum atomic E-state index is -3.47. The predicted octanol–water partition coefficient (Wildman–Crippen LogP) is 1.24. The van der Waals surface area contributed by atoms with Crippen LogP contribution in [0.3, 0.4) is 0 Å². The summed E-state index contributed by atoms with van der Waals surface area (Å²) < 4.78 is 32.2. The van der Waals surface area contributed by atoms with Crippen LogP contribution in [0.1, 0.15) is 39.5 Å². The second-order valence-corrected chi connectivity index (χ2v) is 7.48. The lowest BCUT2D eigenvalue weighted by Crippen LogP contribution is -2.42. The fourth-order valence-electron chi connectivity index (χ4n) is 2.58. The molecule has 6 nitrogen and oxygen atoms in total. The molecule has 0 spiro atoms. The van der Waals surface area contributed by atoms with Crippen LogP contribution in [-0.2, 0) is 19.7 Å². The quantitative estimate of drug-likeness (QED) is 0.664. The van der Waals surface area contributed by atoms with Gasteiger partial charge in [0.15, 0.2) is 0 Å². The first-order valence-corrected chi connectivity index (χ1v) is 8.49. The number of esters is 1. The summed E-state index contributed by atoms with van der Waals surface area (Å²) in [5, 5.41) is 0. The summed E-state index contributed by atoms with van der Waals surface area (Å²) in [6, 6.07) is 0. The summed E-state index contributed by atoms with van der Waals surface area (Å²) >= 11 is 0. The van der Waals surface area contributed by atoms with Crippen molar-refractivity contribution >= 4 is 16.2 Å². The van der Waals surface area contributed by atoms with Crippen molar-refractivity contribution in [3.8, 4) is 0 Å². The van der Waals surface area contributed by atoms with Gasteiger partial charge in [0.1, 0.15) is 0 Å². The monoisotopic (exact) mass is 306 g/mol. The maximum Gasteiger partial charge on any atom is 0.306 e. The van der Waals surface area contributed by atoms with Crippen molar-refractivity contribution in [3.63, 3.8) is 0 Å². The third-order valence-electron chi connectivity index (χ3n) is 4.48. The summed E-state index contributed by atoms with van der Waals surface area (Å²) in [5.41, 5.74) is 0.107. The third kappa shape index (κ3) is 3.71. The van der Waals surface area contributed by atoms with Gasteiger partial charge in [-0.1, -0.05) is 13.8 Å². The third-order valence-corrected chi connectivity index (χ3v) is 6.42. The van der Waals surface area contributed by atoms with Crippen molar-refractivity contribution in [3.05, 3.63) is 0 Å².